The summed E-state index contributed by atoms with van der Waals surface area (Å²) in [4.78, 5) is 11.5. The molecular formula is C8H12BrN3O3. The number of aromatic nitrogens is 2. The number of amides is 1. The Morgan fingerprint density at radius 2 is 2.33 bits per heavy atom. The number of H-pyrrole nitrogens is 1. The van der Waals surface area contributed by atoms with Gasteiger partial charge in [0.05, 0.1) is 6.54 Å². The fraction of sp³-hybridized carbons (Fsp3) is 0.500. The van der Waals surface area contributed by atoms with Gasteiger partial charge in [-0.15, -0.1) is 0 Å². The topological polar surface area (TPSA) is 76.2 Å². The molecule has 0 saturated heterocycles. The SMILES string of the molecule is COC(CNC(=O)c1cc(Br)n[nH]1)OC. The van der Waals surface area contributed by atoms with Crippen LogP contribution in [0.25, 0.3) is 0 Å². The molecule has 0 aliphatic heterocycles. The van der Waals surface area contributed by atoms with E-state index in [2.05, 4.69) is 31.4 Å². The van der Waals surface area contributed by atoms with Crippen molar-refractivity contribution in [3.63, 3.8) is 0 Å². The lowest BCUT2D eigenvalue weighted by atomic mass is 10.4. The maximum atomic E-state index is 11.5. The second-order valence-corrected chi connectivity index (χ2v) is 3.53. The third-order valence-corrected chi connectivity index (χ3v) is 2.15. The first-order valence-electron chi connectivity index (χ1n) is 4.22. The van der Waals surface area contributed by atoms with Gasteiger partial charge in [-0.3, -0.25) is 9.89 Å². The summed E-state index contributed by atoms with van der Waals surface area (Å²) in [6.07, 6.45) is -0.444. The number of nitrogens with one attached hydrogen (secondary N) is 2. The highest BCUT2D eigenvalue weighted by Crippen LogP contribution is 2.06. The minimum absolute atomic E-state index is 0.257. The van der Waals surface area contributed by atoms with E-state index in [0.717, 1.165) is 0 Å². The molecule has 6 nitrogen and oxygen atoms in total. The molecule has 0 atom stereocenters. The number of carbonyl (C=O) groups excluding carboxylic acids is 1. The Balaban J connectivity index is 2.42. The van der Waals surface area contributed by atoms with Gasteiger partial charge in [-0.2, -0.15) is 5.10 Å². The van der Waals surface area contributed by atoms with Crippen LogP contribution in [0.15, 0.2) is 10.7 Å². The molecule has 1 heterocycles. The number of methoxy groups -OCH3 is 2. The number of halogens is 1. The zero-order valence-electron chi connectivity index (χ0n) is 8.41. The molecule has 1 aromatic heterocycles. The van der Waals surface area contributed by atoms with Crippen molar-refractivity contribution in [3.8, 4) is 0 Å². The molecule has 1 aromatic rings. The van der Waals surface area contributed by atoms with Crippen molar-refractivity contribution < 1.29 is 14.3 Å². The fourth-order valence-corrected chi connectivity index (χ4v) is 1.27. The summed E-state index contributed by atoms with van der Waals surface area (Å²) in [6.45, 7) is 0.280. The van der Waals surface area contributed by atoms with Crippen LogP contribution in [0.1, 0.15) is 10.5 Å². The van der Waals surface area contributed by atoms with Crippen molar-refractivity contribution in [3.05, 3.63) is 16.4 Å². The van der Waals surface area contributed by atoms with Gasteiger partial charge in [0.15, 0.2) is 6.29 Å². The van der Waals surface area contributed by atoms with Gasteiger partial charge in [-0.25, -0.2) is 0 Å². The zero-order valence-corrected chi connectivity index (χ0v) is 10.00. The lowest BCUT2D eigenvalue weighted by molar-refractivity contribution is -0.0974. The number of ether oxygens (including phenoxy) is 2. The third-order valence-electron chi connectivity index (χ3n) is 1.75. The molecule has 1 rings (SSSR count). The molecule has 84 valence electrons. The highest BCUT2D eigenvalue weighted by molar-refractivity contribution is 9.10. The molecule has 0 saturated carbocycles. The average molecular weight is 278 g/mol. The number of hydrogen-bond acceptors (Lipinski definition) is 4. The molecule has 15 heavy (non-hydrogen) atoms. The Morgan fingerprint density at radius 1 is 1.67 bits per heavy atom. The van der Waals surface area contributed by atoms with E-state index in [0.29, 0.717) is 10.3 Å². The van der Waals surface area contributed by atoms with Crippen LogP contribution >= 0.6 is 15.9 Å². The first kappa shape index (κ1) is 12.2. The van der Waals surface area contributed by atoms with Crippen LogP contribution in [-0.2, 0) is 9.47 Å². The summed E-state index contributed by atoms with van der Waals surface area (Å²) in [5.74, 6) is -0.257. The highest BCUT2D eigenvalue weighted by Gasteiger charge is 2.11. The van der Waals surface area contributed by atoms with Gasteiger partial charge in [-0.1, -0.05) is 0 Å². The van der Waals surface area contributed by atoms with Crippen LogP contribution in [0.4, 0.5) is 0 Å². The van der Waals surface area contributed by atoms with Crippen molar-refractivity contribution in [2.75, 3.05) is 20.8 Å². The molecule has 1 amide bonds. The van der Waals surface area contributed by atoms with Crippen molar-refractivity contribution in [1.29, 1.82) is 0 Å². The minimum atomic E-state index is -0.444. The number of nitrogens with zero attached hydrogens (tertiary/aromatic N) is 1. The maximum Gasteiger partial charge on any atom is 0.269 e. The molecule has 2 N–H and O–H groups in total. The molecule has 7 heteroatoms. The van der Waals surface area contributed by atoms with E-state index >= 15 is 0 Å². The standard InChI is InChI=1S/C8H12BrN3O3/c1-14-7(15-2)4-10-8(13)5-3-6(9)12-11-5/h3,7H,4H2,1-2H3,(H,10,13)(H,11,12). The molecular weight excluding hydrogens is 266 g/mol. The van der Waals surface area contributed by atoms with Gasteiger partial charge >= 0.3 is 0 Å². The lowest BCUT2D eigenvalue weighted by Crippen LogP contribution is -2.34. The second kappa shape index (κ2) is 5.84. The molecule has 0 aliphatic rings. The summed E-state index contributed by atoms with van der Waals surface area (Å²) in [6, 6.07) is 1.59. The molecule has 0 bridgehead atoms. The highest BCUT2D eigenvalue weighted by atomic mass is 79.9. The van der Waals surface area contributed by atoms with Gasteiger partial charge in [0.1, 0.15) is 10.3 Å². The van der Waals surface area contributed by atoms with Gasteiger partial charge in [0, 0.05) is 20.3 Å². The normalized spacial score (nSPS) is 10.7. The predicted molar refractivity (Wildman–Crippen MR) is 56.4 cm³/mol. The smallest absolute Gasteiger partial charge is 0.269 e. The van der Waals surface area contributed by atoms with Crippen LogP contribution < -0.4 is 5.32 Å². The average Bonchev–Trinajstić information content (AvgIpc) is 2.66. The largest absolute Gasteiger partial charge is 0.354 e. The number of hydrogen-bond donors (Lipinski definition) is 2. The van der Waals surface area contributed by atoms with Crippen molar-refractivity contribution >= 4 is 21.8 Å². The quantitative estimate of drug-likeness (QED) is 0.770. The fourth-order valence-electron chi connectivity index (χ4n) is 0.948. The summed E-state index contributed by atoms with van der Waals surface area (Å²) in [5, 5.41) is 8.98. The summed E-state index contributed by atoms with van der Waals surface area (Å²) in [7, 11) is 3.01. The Morgan fingerprint density at radius 3 is 2.80 bits per heavy atom. The van der Waals surface area contributed by atoms with Gasteiger partial charge in [0.2, 0.25) is 0 Å². The Bertz CT molecular complexity index is 325. The molecule has 0 aliphatic carbocycles. The summed E-state index contributed by atoms with van der Waals surface area (Å²) >= 11 is 3.14. The van der Waals surface area contributed by atoms with Crippen LogP contribution in [0.2, 0.25) is 0 Å². The van der Waals surface area contributed by atoms with E-state index in [1.165, 1.54) is 14.2 Å². The van der Waals surface area contributed by atoms with E-state index in [-0.39, 0.29) is 12.5 Å². The Hall–Kier alpha value is -0.920. The maximum absolute atomic E-state index is 11.5. The zero-order chi connectivity index (χ0) is 11.3. The Labute approximate surface area is 95.5 Å². The van der Waals surface area contributed by atoms with Crippen LogP contribution in [-0.4, -0.2) is 43.2 Å². The molecule has 0 aromatic carbocycles. The summed E-state index contributed by atoms with van der Waals surface area (Å²) < 4.78 is 10.4. The van der Waals surface area contributed by atoms with E-state index < -0.39 is 6.29 Å². The van der Waals surface area contributed by atoms with E-state index in [1.54, 1.807) is 6.07 Å². The minimum Gasteiger partial charge on any atom is -0.354 e. The van der Waals surface area contributed by atoms with E-state index in [9.17, 15) is 4.79 Å². The van der Waals surface area contributed by atoms with Crippen LogP contribution in [0, 0.1) is 0 Å². The van der Waals surface area contributed by atoms with Crippen molar-refractivity contribution in [2.24, 2.45) is 0 Å². The molecule has 0 fully saturated rings. The Kier molecular flexibility index (Phi) is 4.73. The molecule has 0 unspecified atom stereocenters. The van der Waals surface area contributed by atoms with Crippen molar-refractivity contribution in [2.45, 2.75) is 6.29 Å². The van der Waals surface area contributed by atoms with Crippen LogP contribution in [0.3, 0.4) is 0 Å². The molecule has 0 spiro atoms. The monoisotopic (exact) mass is 277 g/mol. The van der Waals surface area contributed by atoms with Gasteiger partial charge in [0.25, 0.3) is 5.91 Å². The second-order valence-electron chi connectivity index (χ2n) is 2.72. The number of aromatic amines is 1. The number of rotatable bonds is 5. The van der Waals surface area contributed by atoms with Gasteiger partial charge in [-0.05, 0) is 15.9 Å². The van der Waals surface area contributed by atoms with E-state index in [1.807, 2.05) is 0 Å². The van der Waals surface area contributed by atoms with Crippen molar-refractivity contribution in [1.82, 2.24) is 15.5 Å². The third kappa shape index (κ3) is 3.61. The number of carbonyl (C=O) groups is 1. The first-order chi connectivity index (χ1) is 7.17. The van der Waals surface area contributed by atoms with Gasteiger partial charge < -0.3 is 14.8 Å². The summed E-state index contributed by atoms with van der Waals surface area (Å²) in [5.41, 5.74) is 0.382. The molecule has 0 radical (unpaired) electrons. The van der Waals surface area contributed by atoms with Crippen LogP contribution in [0.5, 0.6) is 0 Å². The first-order valence-corrected chi connectivity index (χ1v) is 5.01. The van der Waals surface area contributed by atoms with E-state index in [4.69, 9.17) is 9.47 Å². The lowest BCUT2D eigenvalue weighted by Gasteiger charge is -2.13. The predicted octanol–water partition coefficient (Wildman–Crippen LogP) is 0.521.